The van der Waals surface area contributed by atoms with Gasteiger partial charge in [0.05, 0.1) is 0 Å². The van der Waals surface area contributed by atoms with Gasteiger partial charge in [-0.05, 0) is 0 Å². The number of carboxylic acid groups (broad SMARTS) is 1. The molecule has 0 heterocycles. The maximum absolute atomic E-state index is 10.8. The van der Waals surface area contributed by atoms with Gasteiger partial charge in [-0.1, -0.05) is 0 Å². The summed E-state index contributed by atoms with van der Waals surface area (Å²) < 4.78 is 1.33. The Labute approximate surface area is 125 Å². The summed E-state index contributed by atoms with van der Waals surface area (Å²) >= 11 is 0.112. The molecule has 0 radical (unpaired) electrons. The molecule has 0 bridgehead atoms. The molecule has 0 aliphatic carbocycles. The van der Waals surface area contributed by atoms with E-state index in [1.54, 1.807) is 24.3 Å². The molecule has 3 heteroatoms. The monoisotopic (exact) mass is 330 g/mol. The third kappa shape index (κ3) is 3.51. The van der Waals surface area contributed by atoms with Crippen molar-refractivity contribution in [1.82, 2.24) is 0 Å². The first-order valence-corrected chi connectivity index (χ1v) is 7.86. The second kappa shape index (κ2) is 6.43. The van der Waals surface area contributed by atoms with E-state index in [1.807, 2.05) is 0 Å². The maximum atomic E-state index is 10.8. The van der Waals surface area contributed by atoms with E-state index in [0.29, 0.717) is 0 Å². The summed E-state index contributed by atoms with van der Waals surface area (Å²) in [5.41, 5.74) is 3.69. The fourth-order valence-corrected chi connectivity index (χ4v) is 3.32. The van der Waals surface area contributed by atoms with Crippen LogP contribution < -0.4 is 4.46 Å². The summed E-state index contributed by atoms with van der Waals surface area (Å²) in [7, 11) is 0. The Morgan fingerprint density at radius 2 is 1.65 bits per heavy atom. The third-order valence-electron chi connectivity index (χ3n) is 2.89. The molecule has 0 spiro atoms. The van der Waals surface area contributed by atoms with Gasteiger partial charge >= 0.3 is 125 Å². The first-order chi connectivity index (χ1) is 9.58. The van der Waals surface area contributed by atoms with Gasteiger partial charge in [-0.3, -0.25) is 0 Å². The Morgan fingerprint density at radius 3 is 2.20 bits per heavy atom. The second-order valence-corrected chi connectivity index (χ2v) is 6.15. The molecule has 2 rings (SSSR count). The summed E-state index contributed by atoms with van der Waals surface area (Å²) in [5, 5.41) is 8.83. The van der Waals surface area contributed by atoms with Crippen LogP contribution in [-0.4, -0.2) is 26.0 Å². The number of hydrogen-bond acceptors (Lipinski definition) is 1. The normalized spacial score (nSPS) is 9.70. The van der Waals surface area contributed by atoms with Gasteiger partial charge in [-0.15, -0.1) is 0 Å². The van der Waals surface area contributed by atoms with E-state index in [4.69, 9.17) is 5.11 Å². The zero-order valence-electron chi connectivity index (χ0n) is 11.3. The summed E-state index contributed by atoms with van der Waals surface area (Å²) in [6.45, 7) is 4.21. The SMILES string of the molecule is Cc1cccc(C)c1[Se]C#Cc1ccc(C(=O)O)cc1. The van der Waals surface area contributed by atoms with Crippen molar-refractivity contribution in [1.29, 1.82) is 0 Å². The molecule has 0 saturated carbocycles. The molecule has 0 atom stereocenters. The molecule has 0 aliphatic rings. The fraction of sp³-hybridized carbons (Fsp3) is 0.118. The van der Waals surface area contributed by atoms with E-state index in [2.05, 4.69) is 42.8 Å². The minimum absolute atomic E-state index is 0.112. The predicted octanol–water partition coefficient (Wildman–Crippen LogP) is 2.34. The van der Waals surface area contributed by atoms with E-state index in [1.165, 1.54) is 15.6 Å². The average molecular weight is 329 g/mol. The Balaban J connectivity index is 2.14. The molecule has 0 saturated heterocycles. The van der Waals surface area contributed by atoms with Crippen LogP contribution in [0.2, 0.25) is 0 Å². The van der Waals surface area contributed by atoms with Crippen LogP contribution in [0.3, 0.4) is 0 Å². The number of carbonyl (C=O) groups is 1. The molecule has 0 amide bonds. The zero-order chi connectivity index (χ0) is 14.5. The van der Waals surface area contributed by atoms with Gasteiger partial charge in [-0.2, -0.15) is 0 Å². The van der Waals surface area contributed by atoms with Crippen LogP contribution in [0, 0.1) is 24.6 Å². The number of aromatic carboxylic acids is 1. The fourth-order valence-electron chi connectivity index (χ4n) is 1.79. The van der Waals surface area contributed by atoms with Crippen molar-refractivity contribution in [3.05, 3.63) is 64.7 Å². The molecule has 0 aliphatic heterocycles. The molecule has 2 aromatic carbocycles. The number of benzene rings is 2. The first kappa shape index (κ1) is 14.4. The summed E-state index contributed by atoms with van der Waals surface area (Å²) in [4.78, 5) is 14.0. The third-order valence-corrected chi connectivity index (χ3v) is 5.10. The van der Waals surface area contributed by atoms with E-state index < -0.39 is 5.97 Å². The van der Waals surface area contributed by atoms with Gasteiger partial charge in [0.1, 0.15) is 0 Å². The molecule has 2 nitrogen and oxygen atoms in total. The van der Waals surface area contributed by atoms with Crippen molar-refractivity contribution in [2.75, 3.05) is 0 Å². The molecule has 0 fully saturated rings. The zero-order valence-corrected chi connectivity index (χ0v) is 13.0. The van der Waals surface area contributed by atoms with E-state index in [-0.39, 0.29) is 20.5 Å². The van der Waals surface area contributed by atoms with Gasteiger partial charge in [-0.25, -0.2) is 0 Å². The van der Waals surface area contributed by atoms with Crippen molar-refractivity contribution in [2.45, 2.75) is 13.8 Å². The number of carboxylic acids is 1. The molecule has 20 heavy (non-hydrogen) atoms. The molecule has 1 N–H and O–H groups in total. The minimum atomic E-state index is -0.913. The Hall–Kier alpha value is -2.01. The molecule has 0 aromatic heterocycles. The predicted molar refractivity (Wildman–Crippen MR) is 81.6 cm³/mol. The number of rotatable bonds is 2. The van der Waals surface area contributed by atoms with Crippen LogP contribution in [-0.2, 0) is 0 Å². The van der Waals surface area contributed by atoms with Crippen LogP contribution in [0.1, 0.15) is 27.0 Å². The van der Waals surface area contributed by atoms with Crippen molar-refractivity contribution in [2.24, 2.45) is 0 Å². The van der Waals surface area contributed by atoms with Crippen molar-refractivity contribution >= 4 is 25.4 Å². The van der Waals surface area contributed by atoms with Crippen LogP contribution in [0.4, 0.5) is 0 Å². The molecule has 2 aromatic rings. The van der Waals surface area contributed by atoms with Gasteiger partial charge in [0.2, 0.25) is 0 Å². The Bertz CT molecular complexity index is 671. The molecule has 100 valence electrons. The summed E-state index contributed by atoms with van der Waals surface area (Å²) in [6, 6.07) is 12.9. The molecular formula is C17H14O2Se. The number of aryl methyl sites for hydroxylation is 2. The van der Waals surface area contributed by atoms with Gasteiger partial charge in [0.15, 0.2) is 0 Å². The van der Waals surface area contributed by atoms with E-state index >= 15 is 0 Å². The topological polar surface area (TPSA) is 37.3 Å². The van der Waals surface area contributed by atoms with E-state index in [0.717, 1.165) is 5.56 Å². The van der Waals surface area contributed by atoms with Crippen molar-refractivity contribution in [3.63, 3.8) is 0 Å². The van der Waals surface area contributed by atoms with Crippen LogP contribution in [0.5, 0.6) is 0 Å². The van der Waals surface area contributed by atoms with Gasteiger partial charge in [0, 0.05) is 0 Å². The quantitative estimate of drug-likeness (QED) is 0.678. The van der Waals surface area contributed by atoms with Crippen LogP contribution >= 0.6 is 0 Å². The Kier molecular flexibility index (Phi) is 4.63. The van der Waals surface area contributed by atoms with Gasteiger partial charge < -0.3 is 0 Å². The molecule has 0 unspecified atom stereocenters. The van der Waals surface area contributed by atoms with Crippen molar-refractivity contribution < 1.29 is 9.90 Å². The van der Waals surface area contributed by atoms with Gasteiger partial charge in [0.25, 0.3) is 0 Å². The standard InChI is InChI=1S/C17H14O2Se/c1-12-4-3-5-13(2)16(12)20-11-10-14-6-8-15(9-7-14)17(18)19/h3-9H,1-2H3,(H,18,19). The average Bonchev–Trinajstić information content (AvgIpc) is 2.42. The second-order valence-electron chi connectivity index (χ2n) is 4.43. The van der Waals surface area contributed by atoms with Crippen LogP contribution in [0.15, 0.2) is 42.5 Å². The number of hydrogen-bond donors (Lipinski definition) is 1. The van der Waals surface area contributed by atoms with Crippen LogP contribution in [0.25, 0.3) is 0 Å². The summed E-state index contributed by atoms with van der Waals surface area (Å²) in [5.74, 6) is 2.19. The first-order valence-electron chi connectivity index (χ1n) is 6.15. The van der Waals surface area contributed by atoms with E-state index in [9.17, 15) is 4.79 Å². The summed E-state index contributed by atoms with van der Waals surface area (Å²) in [6.07, 6.45) is 0. The van der Waals surface area contributed by atoms with Crippen molar-refractivity contribution in [3.8, 4) is 10.7 Å². The Morgan fingerprint density at radius 1 is 1.05 bits per heavy atom. The molecular weight excluding hydrogens is 315 g/mol.